The topological polar surface area (TPSA) is 87.7 Å². The number of aromatic amines is 1. The third-order valence-electron chi connectivity index (χ3n) is 2.37. The number of amides is 1. The van der Waals surface area contributed by atoms with Crippen molar-refractivity contribution in [1.29, 1.82) is 0 Å². The van der Waals surface area contributed by atoms with E-state index in [-0.39, 0.29) is 11.7 Å². The molecular weight excluding hydrogens is 335 g/mol. The highest BCUT2D eigenvalue weighted by Crippen LogP contribution is 2.26. The first-order valence-corrected chi connectivity index (χ1v) is 7.51. The van der Waals surface area contributed by atoms with Gasteiger partial charge in [-0.3, -0.25) is 4.79 Å². The Kier molecular flexibility index (Phi) is 5.22. The molecule has 1 heterocycles. The monoisotopic (exact) mass is 344 g/mol. The van der Waals surface area contributed by atoms with E-state index in [1.807, 2.05) is 0 Å². The van der Waals surface area contributed by atoms with Crippen molar-refractivity contribution in [3.63, 3.8) is 0 Å². The van der Waals surface area contributed by atoms with Crippen LogP contribution in [0.4, 0.5) is 5.69 Å². The van der Waals surface area contributed by atoms with Crippen LogP contribution >= 0.6 is 35.0 Å². The second kappa shape index (κ2) is 6.93. The average molecular weight is 345 g/mol. The second-order valence-electron chi connectivity index (χ2n) is 3.99. The summed E-state index contributed by atoms with van der Waals surface area (Å²) in [6.45, 7) is 1.69. The minimum atomic E-state index is -0.554. The lowest BCUT2D eigenvalue weighted by molar-refractivity contribution is -0.113. The molecule has 110 valence electrons. The lowest BCUT2D eigenvalue weighted by Gasteiger charge is -2.07. The van der Waals surface area contributed by atoms with Gasteiger partial charge in [-0.2, -0.15) is 10.1 Å². The molecule has 2 N–H and O–H groups in total. The van der Waals surface area contributed by atoms with Gasteiger partial charge < -0.3 is 5.32 Å². The lowest BCUT2D eigenvalue weighted by atomic mass is 10.3. The molecule has 0 atom stereocenters. The highest BCUT2D eigenvalue weighted by atomic mass is 35.5. The normalized spacial score (nSPS) is 10.4. The fourth-order valence-corrected chi connectivity index (χ4v) is 2.51. The van der Waals surface area contributed by atoms with Crippen molar-refractivity contribution < 1.29 is 4.79 Å². The standard InChI is InChI=1S/C12H10Cl2N4O2S/c1-6-11(16-12(20)18-17-6)21-5-10(19)15-9-4-7(13)2-3-8(9)14/h2-4H,5H2,1H3,(H,15,19)(H,16,18,20). The van der Waals surface area contributed by atoms with Crippen LogP contribution in [0.5, 0.6) is 0 Å². The van der Waals surface area contributed by atoms with Crippen LogP contribution in [-0.2, 0) is 4.79 Å². The number of carbonyl (C=O) groups excluding carboxylic acids is 1. The lowest BCUT2D eigenvalue weighted by Crippen LogP contribution is -2.17. The number of hydrogen-bond acceptors (Lipinski definition) is 5. The summed E-state index contributed by atoms with van der Waals surface area (Å²) in [5, 5.41) is 9.91. The first kappa shape index (κ1) is 15.8. The van der Waals surface area contributed by atoms with Crippen molar-refractivity contribution in [3.8, 4) is 0 Å². The zero-order valence-electron chi connectivity index (χ0n) is 10.8. The Morgan fingerprint density at radius 2 is 2.19 bits per heavy atom. The van der Waals surface area contributed by atoms with E-state index in [1.165, 1.54) is 0 Å². The van der Waals surface area contributed by atoms with Gasteiger partial charge in [0.25, 0.3) is 0 Å². The van der Waals surface area contributed by atoms with Gasteiger partial charge >= 0.3 is 5.69 Å². The fourth-order valence-electron chi connectivity index (χ4n) is 1.43. The van der Waals surface area contributed by atoms with Crippen LogP contribution in [0.15, 0.2) is 28.0 Å². The van der Waals surface area contributed by atoms with Crippen LogP contribution in [0.1, 0.15) is 5.69 Å². The first-order chi connectivity index (χ1) is 9.95. The molecule has 21 heavy (non-hydrogen) atoms. The summed E-state index contributed by atoms with van der Waals surface area (Å²) in [5.74, 6) is -0.215. The molecule has 0 spiro atoms. The molecule has 0 aliphatic carbocycles. The van der Waals surface area contributed by atoms with Crippen LogP contribution in [0.25, 0.3) is 0 Å². The molecule has 2 rings (SSSR count). The van der Waals surface area contributed by atoms with E-state index in [4.69, 9.17) is 23.2 Å². The molecule has 6 nitrogen and oxygen atoms in total. The van der Waals surface area contributed by atoms with E-state index in [9.17, 15) is 9.59 Å². The zero-order valence-corrected chi connectivity index (χ0v) is 13.1. The predicted molar refractivity (Wildman–Crippen MR) is 83.2 cm³/mol. The molecule has 0 saturated heterocycles. The van der Waals surface area contributed by atoms with E-state index in [1.54, 1.807) is 25.1 Å². The number of carbonyl (C=O) groups is 1. The number of anilines is 1. The molecule has 0 aliphatic heterocycles. The highest BCUT2D eigenvalue weighted by molar-refractivity contribution is 8.00. The smallest absolute Gasteiger partial charge is 0.324 e. The van der Waals surface area contributed by atoms with Gasteiger partial charge in [0.2, 0.25) is 5.91 Å². The summed E-state index contributed by atoms with van der Waals surface area (Å²) in [6.07, 6.45) is 0. The Morgan fingerprint density at radius 3 is 2.95 bits per heavy atom. The molecule has 2 aromatic rings. The van der Waals surface area contributed by atoms with E-state index >= 15 is 0 Å². The van der Waals surface area contributed by atoms with Gasteiger partial charge in [0.1, 0.15) is 5.03 Å². The number of hydrogen-bond donors (Lipinski definition) is 2. The molecule has 0 saturated carbocycles. The Balaban J connectivity index is 2.00. The number of halogens is 2. The van der Waals surface area contributed by atoms with E-state index in [0.29, 0.717) is 26.5 Å². The number of aromatic nitrogens is 3. The molecule has 9 heteroatoms. The minimum Gasteiger partial charge on any atom is -0.324 e. The van der Waals surface area contributed by atoms with E-state index in [0.717, 1.165) is 11.8 Å². The van der Waals surface area contributed by atoms with Crippen molar-refractivity contribution in [2.75, 3.05) is 11.1 Å². The summed E-state index contributed by atoms with van der Waals surface area (Å²) in [4.78, 5) is 26.7. The van der Waals surface area contributed by atoms with Crippen molar-refractivity contribution in [2.45, 2.75) is 11.9 Å². The number of nitrogens with zero attached hydrogens (tertiary/aromatic N) is 2. The molecule has 0 bridgehead atoms. The maximum absolute atomic E-state index is 11.9. The minimum absolute atomic E-state index is 0.0712. The SMILES string of the molecule is Cc1n[nH]c(=O)nc1SCC(=O)Nc1cc(Cl)ccc1Cl. The molecule has 1 amide bonds. The van der Waals surface area contributed by atoms with Gasteiger partial charge in [-0.25, -0.2) is 9.89 Å². The number of aryl methyl sites for hydroxylation is 1. The summed E-state index contributed by atoms with van der Waals surface area (Å²) in [7, 11) is 0. The van der Waals surface area contributed by atoms with Gasteiger partial charge in [0.05, 0.1) is 22.2 Å². The maximum Gasteiger partial charge on any atom is 0.362 e. The van der Waals surface area contributed by atoms with E-state index in [2.05, 4.69) is 20.5 Å². The fraction of sp³-hybridized carbons (Fsp3) is 0.167. The maximum atomic E-state index is 11.9. The quantitative estimate of drug-likeness (QED) is 0.832. The number of rotatable bonds is 4. The Morgan fingerprint density at radius 1 is 1.43 bits per heavy atom. The molecule has 0 unspecified atom stereocenters. The van der Waals surface area contributed by atoms with Gasteiger partial charge in [-0.1, -0.05) is 35.0 Å². The highest BCUT2D eigenvalue weighted by Gasteiger charge is 2.10. The van der Waals surface area contributed by atoms with Gasteiger partial charge in [0, 0.05) is 5.02 Å². The summed E-state index contributed by atoms with van der Waals surface area (Å²) < 4.78 is 0. The van der Waals surface area contributed by atoms with Crippen LogP contribution in [0.2, 0.25) is 10.0 Å². The van der Waals surface area contributed by atoms with Gasteiger partial charge in [-0.05, 0) is 25.1 Å². The molecule has 1 aromatic heterocycles. The zero-order chi connectivity index (χ0) is 15.4. The Hall–Kier alpha value is -1.57. The van der Waals surface area contributed by atoms with Crippen molar-refractivity contribution in [2.24, 2.45) is 0 Å². The summed E-state index contributed by atoms with van der Waals surface area (Å²) >= 11 is 12.9. The molecular formula is C12H10Cl2N4O2S. The second-order valence-corrected chi connectivity index (χ2v) is 5.80. The number of benzene rings is 1. The molecule has 0 radical (unpaired) electrons. The number of thioether (sulfide) groups is 1. The van der Waals surface area contributed by atoms with Crippen molar-refractivity contribution in [3.05, 3.63) is 44.4 Å². The van der Waals surface area contributed by atoms with Crippen molar-refractivity contribution in [1.82, 2.24) is 15.2 Å². The van der Waals surface area contributed by atoms with E-state index < -0.39 is 5.69 Å². The Labute approximate surface area is 134 Å². The third-order valence-corrected chi connectivity index (χ3v) is 4.01. The summed E-state index contributed by atoms with van der Waals surface area (Å²) in [5.41, 5.74) is 0.429. The van der Waals surface area contributed by atoms with Crippen LogP contribution < -0.4 is 11.0 Å². The average Bonchev–Trinajstić information content (AvgIpc) is 2.44. The third kappa shape index (κ3) is 4.45. The first-order valence-electron chi connectivity index (χ1n) is 5.77. The molecule has 0 fully saturated rings. The van der Waals surface area contributed by atoms with Gasteiger partial charge in [-0.15, -0.1) is 0 Å². The van der Waals surface area contributed by atoms with Crippen molar-refractivity contribution >= 4 is 46.6 Å². The van der Waals surface area contributed by atoms with Crippen LogP contribution in [0.3, 0.4) is 0 Å². The Bertz CT molecular complexity index is 735. The summed E-state index contributed by atoms with van der Waals surface area (Å²) in [6, 6.07) is 4.78. The van der Waals surface area contributed by atoms with Gasteiger partial charge in [0.15, 0.2) is 0 Å². The largest absolute Gasteiger partial charge is 0.362 e. The van der Waals surface area contributed by atoms with Crippen LogP contribution in [0, 0.1) is 6.92 Å². The van der Waals surface area contributed by atoms with Crippen LogP contribution in [-0.4, -0.2) is 26.8 Å². The predicted octanol–water partition coefficient (Wildman–Crippen LogP) is 2.51. The molecule has 1 aromatic carbocycles. The molecule has 0 aliphatic rings. The number of H-pyrrole nitrogens is 1. The number of nitrogens with one attached hydrogen (secondary N) is 2.